The van der Waals surface area contributed by atoms with Gasteiger partial charge in [-0.25, -0.2) is 0 Å². The first-order valence-electron chi connectivity index (χ1n) is 4.20. The van der Waals surface area contributed by atoms with Crippen molar-refractivity contribution >= 4 is 0 Å². The van der Waals surface area contributed by atoms with E-state index in [9.17, 15) is 0 Å². The Morgan fingerprint density at radius 3 is 2.58 bits per heavy atom. The van der Waals surface area contributed by atoms with Gasteiger partial charge in [-0.3, -0.25) is 5.73 Å². The summed E-state index contributed by atoms with van der Waals surface area (Å²) >= 11 is 0. The van der Waals surface area contributed by atoms with E-state index in [1.165, 1.54) is 5.56 Å². The van der Waals surface area contributed by atoms with Gasteiger partial charge in [-0.2, -0.15) is 0 Å². The summed E-state index contributed by atoms with van der Waals surface area (Å²) in [6, 6.07) is 10.1. The monoisotopic (exact) mass is 164 g/mol. The molecule has 1 N–H and O–H groups in total. The maximum atomic E-state index is 6.91. The molecule has 0 aliphatic carbocycles. The minimum Gasteiger partial charge on any atom is -0.377 e. The molecule has 1 aromatic rings. The molecule has 0 saturated heterocycles. The van der Waals surface area contributed by atoms with Crippen LogP contribution in [0.1, 0.15) is 12.0 Å². The molecular weight excluding hydrogens is 150 g/mol. The van der Waals surface area contributed by atoms with Crippen LogP contribution in [0.5, 0.6) is 0 Å². The van der Waals surface area contributed by atoms with Crippen LogP contribution in [-0.4, -0.2) is 13.2 Å². The molecule has 0 aliphatic rings. The average molecular weight is 164 g/mol. The lowest BCUT2D eigenvalue weighted by Gasteiger charge is -2.01. The molecule has 2 nitrogen and oxygen atoms in total. The van der Waals surface area contributed by atoms with E-state index in [-0.39, 0.29) is 0 Å². The lowest BCUT2D eigenvalue weighted by molar-refractivity contribution is 0.119. The molecule has 0 aliphatic heterocycles. The quantitative estimate of drug-likeness (QED) is 0.611. The average Bonchev–Trinajstić information content (AvgIpc) is 2.14. The predicted molar refractivity (Wildman–Crippen MR) is 48.7 cm³/mol. The minimum absolute atomic E-state index is 0.453. The van der Waals surface area contributed by atoms with Crippen molar-refractivity contribution in [1.29, 1.82) is 0 Å². The maximum Gasteiger partial charge on any atom is 0.0716 e. The topological polar surface area (TPSA) is 33.0 Å². The molecule has 1 aromatic carbocycles. The van der Waals surface area contributed by atoms with E-state index in [0.717, 1.165) is 6.42 Å². The highest BCUT2D eigenvalue weighted by molar-refractivity contribution is 5.13. The summed E-state index contributed by atoms with van der Waals surface area (Å²) in [4.78, 5) is 0. The van der Waals surface area contributed by atoms with E-state index in [2.05, 4.69) is 0 Å². The van der Waals surface area contributed by atoms with Gasteiger partial charge in [0.05, 0.1) is 6.61 Å². The number of benzene rings is 1. The highest BCUT2D eigenvalue weighted by atomic mass is 16.5. The summed E-state index contributed by atoms with van der Waals surface area (Å²) in [5, 5.41) is 0. The van der Waals surface area contributed by atoms with Crippen LogP contribution in [0.4, 0.5) is 0 Å². The third-order valence-electron chi connectivity index (χ3n) is 1.58. The molecule has 0 saturated carbocycles. The zero-order valence-electron chi connectivity index (χ0n) is 7.12. The Hall–Kier alpha value is -0.860. The summed E-state index contributed by atoms with van der Waals surface area (Å²) < 4.78 is 5.34. The van der Waals surface area contributed by atoms with Crippen LogP contribution in [0.25, 0.3) is 0 Å². The fourth-order valence-electron chi connectivity index (χ4n) is 0.938. The molecule has 2 heteroatoms. The Balaban J connectivity index is 2.16. The fourth-order valence-corrected chi connectivity index (χ4v) is 0.938. The fraction of sp³-hybridized carbons (Fsp3) is 0.400. The van der Waals surface area contributed by atoms with Gasteiger partial charge in [0, 0.05) is 13.2 Å². The van der Waals surface area contributed by atoms with Crippen molar-refractivity contribution in [2.75, 3.05) is 13.2 Å². The second-order valence-electron chi connectivity index (χ2n) is 2.64. The van der Waals surface area contributed by atoms with E-state index < -0.39 is 0 Å². The molecule has 12 heavy (non-hydrogen) atoms. The van der Waals surface area contributed by atoms with E-state index in [0.29, 0.717) is 19.8 Å². The van der Waals surface area contributed by atoms with E-state index >= 15 is 0 Å². The number of rotatable bonds is 5. The third kappa shape index (κ3) is 3.51. The van der Waals surface area contributed by atoms with Gasteiger partial charge in [0.15, 0.2) is 0 Å². The van der Waals surface area contributed by atoms with Gasteiger partial charge in [0.2, 0.25) is 0 Å². The molecule has 65 valence electrons. The van der Waals surface area contributed by atoms with Crippen molar-refractivity contribution in [1.82, 2.24) is 5.73 Å². The van der Waals surface area contributed by atoms with Crippen LogP contribution in [-0.2, 0) is 11.3 Å². The smallest absolute Gasteiger partial charge is 0.0716 e. The third-order valence-corrected chi connectivity index (χ3v) is 1.58. The largest absolute Gasteiger partial charge is 0.377 e. The van der Waals surface area contributed by atoms with Crippen LogP contribution < -0.4 is 5.73 Å². The highest BCUT2D eigenvalue weighted by Gasteiger charge is 1.90. The number of hydrogen-bond donors (Lipinski definition) is 0. The molecule has 0 amide bonds. The van der Waals surface area contributed by atoms with Crippen molar-refractivity contribution in [2.24, 2.45) is 0 Å². The first-order chi connectivity index (χ1) is 5.93. The lowest BCUT2D eigenvalue weighted by Crippen LogP contribution is -1.98. The summed E-state index contributed by atoms with van der Waals surface area (Å²) in [5.74, 6) is 0. The van der Waals surface area contributed by atoms with Crippen LogP contribution in [0.3, 0.4) is 0 Å². The molecule has 0 aromatic heterocycles. The highest BCUT2D eigenvalue weighted by Crippen LogP contribution is 2.00. The molecule has 0 unspecified atom stereocenters. The van der Waals surface area contributed by atoms with Crippen molar-refractivity contribution in [3.63, 3.8) is 0 Å². The zero-order chi connectivity index (χ0) is 8.65. The Labute approximate surface area is 73.3 Å². The standard InChI is InChI=1S/C10H14NO/c11-7-4-8-12-9-10-5-2-1-3-6-10/h1-3,5-6,11H,4,7-9H2. The molecule has 1 rings (SSSR count). The summed E-state index contributed by atoms with van der Waals surface area (Å²) in [6.45, 7) is 1.81. The number of ether oxygens (including phenoxy) is 1. The first-order valence-corrected chi connectivity index (χ1v) is 4.20. The van der Waals surface area contributed by atoms with Crippen molar-refractivity contribution in [2.45, 2.75) is 13.0 Å². The Kier molecular flexibility index (Phi) is 4.42. The van der Waals surface area contributed by atoms with E-state index in [1.807, 2.05) is 30.3 Å². The molecule has 0 heterocycles. The van der Waals surface area contributed by atoms with Crippen LogP contribution in [0.15, 0.2) is 30.3 Å². The van der Waals surface area contributed by atoms with Gasteiger partial charge in [0.1, 0.15) is 0 Å². The maximum absolute atomic E-state index is 6.91. The summed E-state index contributed by atoms with van der Waals surface area (Å²) in [6.07, 6.45) is 0.826. The van der Waals surface area contributed by atoms with E-state index in [4.69, 9.17) is 10.5 Å². The summed E-state index contributed by atoms with van der Waals surface area (Å²) in [5.41, 5.74) is 8.10. The van der Waals surface area contributed by atoms with Gasteiger partial charge in [0.25, 0.3) is 0 Å². The second kappa shape index (κ2) is 5.75. The number of hydrogen-bond acceptors (Lipinski definition) is 1. The Morgan fingerprint density at radius 1 is 1.17 bits per heavy atom. The SMILES string of the molecule is [NH]CCCOCc1ccccc1. The van der Waals surface area contributed by atoms with Gasteiger partial charge < -0.3 is 4.74 Å². The van der Waals surface area contributed by atoms with Crippen molar-refractivity contribution in [3.8, 4) is 0 Å². The summed E-state index contributed by atoms with van der Waals surface area (Å²) in [7, 11) is 0. The zero-order valence-corrected chi connectivity index (χ0v) is 7.12. The van der Waals surface area contributed by atoms with E-state index in [1.54, 1.807) is 0 Å². The molecule has 0 fully saturated rings. The van der Waals surface area contributed by atoms with Gasteiger partial charge in [-0.05, 0) is 12.0 Å². The Morgan fingerprint density at radius 2 is 1.92 bits per heavy atom. The molecule has 0 bridgehead atoms. The number of nitrogens with one attached hydrogen (secondary N) is 1. The minimum atomic E-state index is 0.453. The van der Waals surface area contributed by atoms with Gasteiger partial charge >= 0.3 is 0 Å². The first kappa shape index (κ1) is 9.23. The van der Waals surface area contributed by atoms with Crippen LogP contribution in [0, 0.1) is 0 Å². The van der Waals surface area contributed by atoms with Crippen molar-refractivity contribution in [3.05, 3.63) is 35.9 Å². The van der Waals surface area contributed by atoms with Crippen LogP contribution >= 0.6 is 0 Å². The Bertz CT molecular complexity index is 198. The second-order valence-corrected chi connectivity index (χ2v) is 2.64. The van der Waals surface area contributed by atoms with Crippen LogP contribution in [0.2, 0.25) is 0 Å². The van der Waals surface area contributed by atoms with Gasteiger partial charge in [-0.15, -0.1) is 0 Å². The molecular formula is C10H14NO. The normalized spacial score (nSPS) is 10.1. The van der Waals surface area contributed by atoms with Crippen molar-refractivity contribution < 1.29 is 4.74 Å². The molecule has 0 atom stereocenters. The van der Waals surface area contributed by atoms with Gasteiger partial charge in [-0.1, -0.05) is 30.3 Å². The molecule has 1 radical (unpaired) electrons. The molecule has 0 spiro atoms. The predicted octanol–water partition coefficient (Wildman–Crippen LogP) is 1.88. The lowest BCUT2D eigenvalue weighted by atomic mass is 10.2.